The number of benzene rings is 3. The minimum atomic E-state index is 0.0398. The summed E-state index contributed by atoms with van der Waals surface area (Å²) in [5.41, 5.74) is 4.85. The van der Waals surface area contributed by atoms with Crippen LogP contribution in [0.15, 0.2) is 72.8 Å². The number of likely N-dealkylation sites (N-methyl/N-ethyl adjacent to an activating group) is 1. The molecule has 0 saturated carbocycles. The summed E-state index contributed by atoms with van der Waals surface area (Å²) in [6, 6.07) is 22.9. The molecule has 3 rings (SSSR count). The van der Waals surface area contributed by atoms with Crippen molar-refractivity contribution >= 4 is 11.1 Å². The van der Waals surface area contributed by atoms with Crippen LogP contribution in [0.3, 0.4) is 0 Å². The van der Waals surface area contributed by atoms with Crippen molar-refractivity contribution in [3.8, 4) is 17.2 Å². The van der Waals surface area contributed by atoms with Gasteiger partial charge in [-0.15, -0.1) is 0 Å². The van der Waals surface area contributed by atoms with Gasteiger partial charge in [0.15, 0.2) is 0 Å². The molecule has 4 nitrogen and oxygen atoms in total. The standard InChI is InChI=1S/C26H29NO3/c1-4-23(19-8-6-5-7-9-19)26(24-15-12-21(28)18-25(24)29)20-10-13-22(14-11-20)30-17-16-27(2)3/h5-15,18,28-29H,4,16-17H2,1-3H3/b26-23+. The first-order valence-corrected chi connectivity index (χ1v) is 10.2. The molecule has 4 heteroatoms. The maximum absolute atomic E-state index is 10.6. The molecule has 2 N–H and O–H groups in total. The molecule has 0 aromatic heterocycles. The molecule has 0 spiro atoms. The van der Waals surface area contributed by atoms with Gasteiger partial charge in [0.1, 0.15) is 23.9 Å². The molecule has 0 radical (unpaired) electrons. The SMILES string of the molecule is CC/C(=C(/c1ccc(OCCN(C)C)cc1)c1ccc(O)cc1O)c1ccccc1. The molecule has 0 atom stereocenters. The Morgan fingerprint density at radius 3 is 2.17 bits per heavy atom. The molecule has 0 aliphatic rings. The molecule has 156 valence electrons. The zero-order valence-electron chi connectivity index (χ0n) is 17.8. The number of allylic oxidation sites excluding steroid dienone is 1. The van der Waals surface area contributed by atoms with Crippen LogP contribution in [0, 0.1) is 0 Å². The number of nitrogens with zero attached hydrogens (tertiary/aromatic N) is 1. The predicted molar refractivity (Wildman–Crippen MR) is 123 cm³/mol. The summed E-state index contributed by atoms with van der Waals surface area (Å²) in [5.74, 6) is 0.906. The first kappa shape index (κ1) is 21.5. The van der Waals surface area contributed by atoms with E-state index in [0.717, 1.165) is 41.0 Å². The summed E-state index contributed by atoms with van der Waals surface area (Å²) in [5, 5.41) is 20.4. The molecule has 3 aromatic carbocycles. The van der Waals surface area contributed by atoms with Crippen molar-refractivity contribution < 1.29 is 14.9 Å². The summed E-state index contributed by atoms with van der Waals surface area (Å²) < 4.78 is 5.83. The minimum absolute atomic E-state index is 0.0398. The molecule has 30 heavy (non-hydrogen) atoms. The fourth-order valence-electron chi connectivity index (χ4n) is 3.45. The lowest BCUT2D eigenvalue weighted by Crippen LogP contribution is -2.19. The lowest BCUT2D eigenvalue weighted by molar-refractivity contribution is 0.261. The third kappa shape index (κ3) is 5.22. The second-order valence-corrected chi connectivity index (χ2v) is 7.45. The first-order chi connectivity index (χ1) is 14.5. The highest BCUT2D eigenvalue weighted by molar-refractivity contribution is 6.00. The van der Waals surface area contributed by atoms with E-state index in [2.05, 4.69) is 24.0 Å². The molecule has 0 amide bonds. The van der Waals surface area contributed by atoms with Crippen LogP contribution in [-0.4, -0.2) is 42.4 Å². The van der Waals surface area contributed by atoms with Crippen LogP contribution >= 0.6 is 0 Å². The summed E-state index contributed by atoms with van der Waals surface area (Å²) in [4.78, 5) is 2.08. The normalized spacial score (nSPS) is 12.0. The minimum Gasteiger partial charge on any atom is -0.508 e. The van der Waals surface area contributed by atoms with Gasteiger partial charge < -0.3 is 19.8 Å². The van der Waals surface area contributed by atoms with E-state index < -0.39 is 0 Å². The Morgan fingerprint density at radius 1 is 0.867 bits per heavy atom. The van der Waals surface area contributed by atoms with Crippen molar-refractivity contribution in [1.82, 2.24) is 4.90 Å². The highest BCUT2D eigenvalue weighted by atomic mass is 16.5. The van der Waals surface area contributed by atoms with E-state index in [1.54, 1.807) is 12.1 Å². The molecule has 0 aliphatic heterocycles. The zero-order valence-corrected chi connectivity index (χ0v) is 17.8. The van der Waals surface area contributed by atoms with Crippen molar-refractivity contribution in [1.29, 1.82) is 0 Å². The topological polar surface area (TPSA) is 52.9 Å². The van der Waals surface area contributed by atoms with Crippen molar-refractivity contribution in [2.75, 3.05) is 27.2 Å². The van der Waals surface area contributed by atoms with Gasteiger partial charge in [0.25, 0.3) is 0 Å². The van der Waals surface area contributed by atoms with Crippen molar-refractivity contribution in [2.24, 2.45) is 0 Å². The molecule has 0 heterocycles. The van der Waals surface area contributed by atoms with E-state index in [1.807, 2.05) is 56.6 Å². The maximum Gasteiger partial charge on any atom is 0.127 e. The Hall–Kier alpha value is -3.24. The molecule has 0 unspecified atom stereocenters. The van der Waals surface area contributed by atoms with Crippen molar-refractivity contribution in [3.05, 3.63) is 89.5 Å². The average molecular weight is 404 g/mol. The van der Waals surface area contributed by atoms with Crippen LogP contribution < -0.4 is 4.74 Å². The fraction of sp³-hybridized carbons (Fsp3) is 0.231. The summed E-state index contributed by atoms with van der Waals surface area (Å²) >= 11 is 0. The van der Waals surface area contributed by atoms with E-state index in [-0.39, 0.29) is 11.5 Å². The number of ether oxygens (including phenoxy) is 1. The Labute approximate surface area is 178 Å². The van der Waals surface area contributed by atoms with Gasteiger partial charge in [-0.2, -0.15) is 0 Å². The summed E-state index contributed by atoms with van der Waals surface area (Å²) in [7, 11) is 4.03. The van der Waals surface area contributed by atoms with E-state index in [9.17, 15) is 10.2 Å². The van der Waals surface area contributed by atoms with Crippen LogP contribution in [0.1, 0.15) is 30.0 Å². The largest absolute Gasteiger partial charge is 0.508 e. The lowest BCUT2D eigenvalue weighted by atomic mass is 9.87. The zero-order chi connectivity index (χ0) is 21.5. The van der Waals surface area contributed by atoms with Gasteiger partial charge in [-0.05, 0) is 67.1 Å². The molecule has 3 aromatic rings. The third-order valence-corrected chi connectivity index (χ3v) is 4.98. The molecule has 0 saturated heterocycles. The van der Waals surface area contributed by atoms with Crippen molar-refractivity contribution in [2.45, 2.75) is 13.3 Å². The van der Waals surface area contributed by atoms with Gasteiger partial charge in [-0.1, -0.05) is 49.4 Å². The fourth-order valence-corrected chi connectivity index (χ4v) is 3.45. The Kier molecular flexibility index (Phi) is 7.15. The van der Waals surface area contributed by atoms with Crippen LogP contribution in [0.2, 0.25) is 0 Å². The van der Waals surface area contributed by atoms with Crippen LogP contribution in [-0.2, 0) is 0 Å². The van der Waals surface area contributed by atoms with Gasteiger partial charge in [0, 0.05) is 18.2 Å². The number of rotatable bonds is 8. The molecule has 0 aliphatic carbocycles. The number of phenolic OH excluding ortho intramolecular Hbond substituents is 2. The molecular formula is C26H29NO3. The van der Waals surface area contributed by atoms with E-state index in [1.165, 1.54) is 6.07 Å². The number of phenols is 2. The Bertz CT molecular complexity index is 993. The Morgan fingerprint density at radius 2 is 1.57 bits per heavy atom. The van der Waals surface area contributed by atoms with Crippen LogP contribution in [0.25, 0.3) is 11.1 Å². The van der Waals surface area contributed by atoms with Crippen molar-refractivity contribution in [3.63, 3.8) is 0 Å². The smallest absolute Gasteiger partial charge is 0.127 e. The highest BCUT2D eigenvalue weighted by Crippen LogP contribution is 2.39. The van der Waals surface area contributed by atoms with Crippen LogP contribution in [0.5, 0.6) is 17.2 Å². The Balaban J connectivity index is 2.07. The molecule has 0 bridgehead atoms. The summed E-state index contributed by atoms with van der Waals surface area (Å²) in [6.45, 7) is 3.58. The monoisotopic (exact) mass is 403 g/mol. The third-order valence-electron chi connectivity index (χ3n) is 4.98. The summed E-state index contributed by atoms with van der Waals surface area (Å²) in [6.07, 6.45) is 0.792. The maximum atomic E-state index is 10.6. The molecular weight excluding hydrogens is 374 g/mol. The average Bonchev–Trinajstić information content (AvgIpc) is 2.74. The first-order valence-electron chi connectivity index (χ1n) is 10.2. The van der Waals surface area contributed by atoms with E-state index >= 15 is 0 Å². The van der Waals surface area contributed by atoms with Gasteiger partial charge in [0.2, 0.25) is 0 Å². The second kappa shape index (κ2) is 9.99. The van der Waals surface area contributed by atoms with E-state index in [4.69, 9.17) is 4.74 Å². The van der Waals surface area contributed by atoms with Gasteiger partial charge in [0.05, 0.1) is 0 Å². The number of hydrogen-bond acceptors (Lipinski definition) is 4. The highest BCUT2D eigenvalue weighted by Gasteiger charge is 2.16. The van der Waals surface area contributed by atoms with Gasteiger partial charge in [-0.25, -0.2) is 0 Å². The lowest BCUT2D eigenvalue weighted by Gasteiger charge is -2.18. The number of hydrogen-bond donors (Lipinski definition) is 2. The van der Waals surface area contributed by atoms with Gasteiger partial charge in [-0.3, -0.25) is 0 Å². The molecule has 0 fully saturated rings. The second-order valence-electron chi connectivity index (χ2n) is 7.45. The van der Waals surface area contributed by atoms with Crippen LogP contribution in [0.4, 0.5) is 0 Å². The van der Waals surface area contributed by atoms with E-state index in [0.29, 0.717) is 12.2 Å². The quantitative estimate of drug-likeness (QED) is 0.494. The predicted octanol–water partition coefficient (Wildman–Crippen LogP) is 5.41. The van der Waals surface area contributed by atoms with Gasteiger partial charge >= 0.3 is 0 Å². The number of aromatic hydroxyl groups is 2.